The summed E-state index contributed by atoms with van der Waals surface area (Å²) in [4.78, 5) is 20.9. The Balaban J connectivity index is 1.79. The van der Waals surface area contributed by atoms with Gasteiger partial charge in [0.15, 0.2) is 0 Å². The van der Waals surface area contributed by atoms with E-state index in [9.17, 15) is 13.6 Å². The minimum Gasteiger partial charge on any atom is -0.377 e. The number of aromatic amines is 1. The van der Waals surface area contributed by atoms with Gasteiger partial charge in [0.25, 0.3) is 12.3 Å². The maximum absolute atomic E-state index is 14.0. The van der Waals surface area contributed by atoms with Crippen molar-refractivity contribution in [3.63, 3.8) is 0 Å². The number of amides is 1. The smallest absolute Gasteiger partial charge is 0.289 e. The number of nitrogens with one attached hydrogen (secondary N) is 2. The van der Waals surface area contributed by atoms with Crippen LogP contribution in [0.5, 0.6) is 0 Å². The molecule has 8 nitrogen and oxygen atoms in total. The highest BCUT2D eigenvalue weighted by Gasteiger charge is 2.25. The quantitative estimate of drug-likeness (QED) is 0.237. The topological polar surface area (TPSA) is 97.7 Å². The molecule has 0 unspecified atom stereocenters. The number of ether oxygens (including phenoxy) is 1. The van der Waals surface area contributed by atoms with Crippen LogP contribution in [-0.2, 0) is 18.0 Å². The van der Waals surface area contributed by atoms with Gasteiger partial charge >= 0.3 is 0 Å². The Labute approximate surface area is 202 Å². The van der Waals surface area contributed by atoms with Gasteiger partial charge in [-0.3, -0.25) is 9.89 Å². The first-order valence-electron chi connectivity index (χ1n) is 11.3. The van der Waals surface area contributed by atoms with E-state index in [0.29, 0.717) is 23.5 Å². The number of carbonyl (C=O) groups excluding carboxylic acids is 1. The van der Waals surface area contributed by atoms with Gasteiger partial charge in [-0.05, 0) is 18.2 Å². The molecule has 3 aromatic heterocycles. The van der Waals surface area contributed by atoms with E-state index in [1.165, 1.54) is 12.4 Å². The molecule has 2 N–H and O–H groups in total. The Bertz CT molecular complexity index is 1300. The molecule has 4 aromatic rings. The molecule has 0 spiro atoms. The Morgan fingerprint density at radius 1 is 1.17 bits per heavy atom. The monoisotopic (exact) mass is 498 g/mol. The average Bonchev–Trinajstić information content (AvgIpc) is 3.47. The minimum absolute atomic E-state index is 0.00510. The zero-order chi connectivity index (χ0) is 25.0. The molecule has 4 rings (SSSR count). The molecule has 0 aliphatic rings. The Morgan fingerprint density at radius 2 is 1.97 bits per heavy atom. The van der Waals surface area contributed by atoms with E-state index >= 15 is 0 Å². The normalized spacial score (nSPS) is 11.9. The first-order chi connectivity index (χ1) is 16.8. The van der Waals surface area contributed by atoms with Crippen molar-refractivity contribution in [2.24, 2.45) is 0 Å². The summed E-state index contributed by atoms with van der Waals surface area (Å²) >= 11 is 0. The second kappa shape index (κ2) is 10.4. The molecule has 0 fully saturated rings. The van der Waals surface area contributed by atoms with E-state index in [0.717, 1.165) is 17.0 Å². The number of carbonyl (C=O) groups is 1. The lowest BCUT2D eigenvalue weighted by Gasteiger charge is -2.17. The molecule has 0 saturated heterocycles. The van der Waals surface area contributed by atoms with Crippen LogP contribution >= 0.6 is 0 Å². The van der Waals surface area contributed by atoms with Crippen molar-refractivity contribution < 1.29 is 18.3 Å². The third-order valence-electron chi connectivity index (χ3n) is 5.64. The standard InChI is InChI=1S/C24H28F2N6O2Si/c1-35(2,3)12-11-34-13-19-18-9-6-10-27-23(18)32(15-29-24(33)22-28-14-30-31-22)20(19)16-7-4-5-8-17(16)21(25)26/h4-10,14,21H,11-13,15H2,1-3H3,(H,29,33)(H,28,30,31). The summed E-state index contributed by atoms with van der Waals surface area (Å²) in [6.45, 7) is 7.63. The van der Waals surface area contributed by atoms with Gasteiger partial charge in [0.1, 0.15) is 12.0 Å². The number of fused-ring (bicyclic) bond motifs is 1. The van der Waals surface area contributed by atoms with Crippen molar-refractivity contribution in [1.29, 1.82) is 0 Å². The predicted molar refractivity (Wildman–Crippen MR) is 132 cm³/mol. The van der Waals surface area contributed by atoms with Gasteiger partial charge in [-0.15, -0.1) is 0 Å². The average molecular weight is 499 g/mol. The molecular formula is C24H28F2N6O2Si. The first-order valence-corrected chi connectivity index (χ1v) is 15.0. The van der Waals surface area contributed by atoms with Crippen LogP contribution in [0.4, 0.5) is 8.78 Å². The highest BCUT2D eigenvalue weighted by atomic mass is 28.3. The van der Waals surface area contributed by atoms with Crippen LogP contribution in [0.3, 0.4) is 0 Å². The van der Waals surface area contributed by atoms with Crippen LogP contribution in [0.15, 0.2) is 48.9 Å². The molecule has 0 aliphatic heterocycles. The van der Waals surface area contributed by atoms with Crippen LogP contribution < -0.4 is 5.32 Å². The van der Waals surface area contributed by atoms with Crippen molar-refractivity contribution >= 4 is 25.0 Å². The largest absolute Gasteiger partial charge is 0.377 e. The van der Waals surface area contributed by atoms with Crippen LogP contribution in [0.1, 0.15) is 28.2 Å². The Kier molecular flexibility index (Phi) is 7.36. The van der Waals surface area contributed by atoms with Gasteiger partial charge in [-0.1, -0.05) is 43.9 Å². The second-order valence-corrected chi connectivity index (χ2v) is 15.0. The molecule has 0 aliphatic carbocycles. The maximum atomic E-state index is 14.0. The van der Waals surface area contributed by atoms with Gasteiger partial charge in [0.05, 0.1) is 19.0 Å². The molecule has 1 aromatic carbocycles. The summed E-state index contributed by atoms with van der Waals surface area (Å²) in [6.07, 6.45) is 0.201. The van der Waals surface area contributed by atoms with E-state index in [1.807, 2.05) is 6.07 Å². The summed E-state index contributed by atoms with van der Waals surface area (Å²) in [5.41, 5.74) is 2.14. The van der Waals surface area contributed by atoms with Gasteiger partial charge < -0.3 is 14.6 Å². The number of benzene rings is 1. The maximum Gasteiger partial charge on any atom is 0.289 e. The fraction of sp³-hybridized carbons (Fsp3) is 0.333. The van der Waals surface area contributed by atoms with Gasteiger partial charge in [-0.25, -0.2) is 18.7 Å². The molecule has 0 bridgehead atoms. The highest BCUT2D eigenvalue weighted by molar-refractivity contribution is 6.76. The molecule has 0 atom stereocenters. The fourth-order valence-electron chi connectivity index (χ4n) is 3.86. The molecular weight excluding hydrogens is 470 g/mol. The highest BCUT2D eigenvalue weighted by Crippen LogP contribution is 2.38. The van der Waals surface area contributed by atoms with Crippen LogP contribution in [0, 0.1) is 0 Å². The number of rotatable bonds is 10. The Hall–Kier alpha value is -3.44. The lowest BCUT2D eigenvalue weighted by atomic mass is 10.0. The number of pyridine rings is 1. The molecule has 3 heterocycles. The summed E-state index contributed by atoms with van der Waals surface area (Å²) in [6, 6.07) is 11.1. The van der Waals surface area contributed by atoms with Crippen LogP contribution in [0.25, 0.3) is 22.3 Å². The molecule has 35 heavy (non-hydrogen) atoms. The fourth-order valence-corrected chi connectivity index (χ4v) is 4.61. The lowest BCUT2D eigenvalue weighted by molar-refractivity contribution is 0.0932. The number of aromatic nitrogens is 5. The van der Waals surface area contributed by atoms with Crippen molar-refractivity contribution in [2.75, 3.05) is 6.61 Å². The van der Waals surface area contributed by atoms with Crippen molar-refractivity contribution in [3.8, 4) is 11.3 Å². The zero-order valence-electron chi connectivity index (χ0n) is 19.9. The SMILES string of the molecule is C[Si](C)(C)CCOCc1c(-c2ccccc2C(F)F)n(CNC(=O)c2ncn[nH]2)c2ncccc12. The third-order valence-corrected chi connectivity index (χ3v) is 7.35. The van der Waals surface area contributed by atoms with Gasteiger partial charge in [0, 0.05) is 43.0 Å². The summed E-state index contributed by atoms with van der Waals surface area (Å²) in [7, 11) is -1.30. The minimum atomic E-state index is -2.67. The predicted octanol–water partition coefficient (Wildman–Crippen LogP) is 5.00. The van der Waals surface area contributed by atoms with E-state index in [2.05, 4.69) is 45.1 Å². The summed E-state index contributed by atoms with van der Waals surface area (Å²) in [5.74, 6) is -0.417. The second-order valence-electron chi connectivity index (χ2n) is 9.38. The summed E-state index contributed by atoms with van der Waals surface area (Å²) in [5, 5.41) is 9.78. The number of alkyl halides is 2. The Morgan fingerprint density at radius 3 is 2.69 bits per heavy atom. The van der Waals surface area contributed by atoms with E-state index in [4.69, 9.17) is 4.74 Å². The molecule has 184 valence electrons. The number of hydrogen-bond donors (Lipinski definition) is 2. The van der Waals surface area contributed by atoms with E-state index in [-0.39, 0.29) is 24.7 Å². The molecule has 0 radical (unpaired) electrons. The van der Waals surface area contributed by atoms with Crippen LogP contribution in [0.2, 0.25) is 25.7 Å². The van der Waals surface area contributed by atoms with Crippen molar-refractivity contribution in [1.82, 2.24) is 30.0 Å². The molecule has 1 amide bonds. The van der Waals surface area contributed by atoms with Gasteiger partial charge in [0.2, 0.25) is 5.82 Å². The lowest BCUT2D eigenvalue weighted by Crippen LogP contribution is -2.27. The number of hydrogen-bond acceptors (Lipinski definition) is 5. The number of nitrogens with zero attached hydrogens (tertiary/aromatic N) is 4. The number of halogens is 2. The van der Waals surface area contributed by atoms with Crippen LogP contribution in [-0.4, -0.2) is 45.3 Å². The van der Waals surface area contributed by atoms with Gasteiger partial charge in [-0.2, -0.15) is 5.10 Å². The molecule has 0 saturated carbocycles. The number of H-pyrrole nitrogens is 1. The van der Waals surface area contributed by atoms with E-state index < -0.39 is 20.4 Å². The first kappa shape index (κ1) is 24.7. The third kappa shape index (κ3) is 5.63. The zero-order valence-corrected chi connectivity index (χ0v) is 20.9. The van der Waals surface area contributed by atoms with Crippen molar-refractivity contribution in [2.45, 2.75) is 45.4 Å². The summed E-state index contributed by atoms with van der Waals surface area (Å²) < 4.78 is 35.9. The molecule has 11 heteroatoms. The van der Waals surface area contributed by atoms with Crippen molar-refractivity contribution in [3.05, 3.63) is 65.9 Å². The van der Waals surface area contributed by atoms with E-state index in [1.54, 1.807) is 35.0 Å².